The number of nitrogens with one attached hydrogen (secondary N) is 2. The van der Waals surface area contributed by atoms with E-state index in [9.17, 15) is 9.59 Å². The predicted molar refractivity (Wildman–Crippen MR) is 126 cm³/mol. The van der Waals surface area contributed by atoms with Crippen LogP contribution in [-0.2, 0) is 24.1 Å². The molecule has 31 heavy (non-hydrogen) atoms. The van der Waals surface area contributed by atoms with Crippen molar-refractivity contribution in [2.75, 3.05) is 10.6 Å². The van der Waals surface area contributed by atoms with E-state index in [1.54, 1.807) is 6.20 Å². The number of amides is 2. The zero-order chi connectivity index (χ0) is 22.6. The second-order valence-corrected chi connectivity index (χ2v) is 7.25. The molecule has 0 saturated heterocycles. The summed E-state index contributed by atoms with van der Waals surface area (Å²) in [5.74, 6) is 0.437. The second kappa shape index (κ2) is 12.5. The molecule has 0 unspecified atom stereocenters. The molecule has 1 aromatic carbocycles. The second-order valence-electron chi connectivity index (χ2n) is 6.13. The summed E-state index contributed by atoms with van der Waals surface area (Å²) >= 11 is 1.38. The summed E-state index contributed by atoms with van der Waals surface area (Å²) in [6.07, 6.45) is 5.55. The smallest absolute Gasteiger partial charge is 0.267 e. The van der Waals surface area contributed by atoms with Gasteiger partial charge in [-0.15, -0.1) is 11.3 Å². The Kier molecular flexibility index (Phi) is 9.77. The van der Waals surface area contributed by atoms with Gasteiger partial charge in [-0.1, -0.05) is 45.9 Å². The number of aromatic nitrogens is 3. The van der Waals surface area contributed by atoms with Crippen LogP contribution in [0, 0.1) is 0 Å². The first-order chi connectivity index (χ1) is 15.2. The van der Waals surface area contributed by atoms with Crippen LogP contribution in [-0.4, -0.2) is 26.8 Å². The van der Waals surface area contributed by atoms with Crippen LogP contribution in [0.3, 0.4) is 0 Å². The van der Waals surface area contributed by atoms with Crippen LogP contribution in [0.1, 0.15) is 60.1 Å². The van der Waals surface area contributed by atoms with Crippen molar-refractivity contribution in [3.8, 4) is 0 Å². The summed E-state index contributed by atoms with van der Waals surface area (Å²) in [5, 5.41) is 6.52. The summed E-state index contributed by atoms with van der Waals surface area (Å²) in [6.45, 7) is 8.00. The van der Waals surface area contributed by atoms with Crippen LogP contribution in [0.15, 0.2) is 42.9 Å². The molecule has 1 aliphatic heterocycles. The fourth-order valence-corrected chi connectivity index (χ4v) is 3.75. The van der Waals surface area contributed by atoms with E-state index < -0.39 is 0 Å². The van der Waals surface area contributed by atoms with Gasteiger partial charge in [-0.05, 0) is 25.0 Å². The van der Waals surface area contributed by atoms with Gasteiger partial charge in [-0.25, -0.2) is 15.0 Å². The standard InChI is InChI=1S/C19H17N5O2S.2C2H6/c25-16-8-6-13-14(21-11-22-18(13)24-16)7-9-17-20-10-15(27-17)19(26)23-12-4-2-1-3-5-12;2*1-2/h1-5,10-11H,6-9H2,(H,23,26)(H,21,22,24,25);2*1-2H3. The van der Waals surface area contributed by atoms with Gasteiger partial charge in [0.05, 0.1) is 11.2 Å². The van der Waals surface area contributed by atoms with E-state index in [1.165, 1.54) is 17.7 Å². The summed E-state index contributed by atoms with van der Waals surface area (Å²) in [7, 11) is 0. The molecule has 0 atom stereocenters. The lowest BCUT2D eigenvalue weighted by atomic mass is 10.0. The topological polar surface area (TPSA) is 96.9 Å². The van der Waals surface area contributed by atoms with Crippen LogP contribution in [0.4, 0.5) is 11.5 Å². The highest BCUT2D eigenvalue weighted by Crippen LogP contribution is 2.24. The molecule has 1 aliphatic rings. The number of anilines is 2. The minimum Gasteiger partial charge on any atom is -0.321 e. The lowest BCUT2D eigenvalue weighted by Crippen LogP contribution is -2.22. The maximum atomic E-state index is 12.3. The molecule has 0 fully saturated rings. The number of hydrogen-bond donors (Lipinski definition) is 2. The minimum atomic E-state index is -0.160. The molecule has 3 aromatic rings. The van der Waals surface area contributed by atoms with Crippen molar-refractivity contribution in [2.24, 2.45) is 0 Å². The molecule has 2 N–H and O–H groups in total. The SMILES string of the molecule is CC.CC.O=C1CCc2c(CCc3ncc(C(=O)Nc4ccccc4)s3)ncnc2N1. The molecular formula is C23H29N5O2S. The van der Waals surface area contributed by atoms with Crippen LogP contribution < -0.4 is 10.6 Å². The van der Waals surface area contributed by atoms with Crippen molar-refractivity contribution in [3.05, 3.63) is 64.0 Å². The van der Waals surface area contributed by atoms with Gasteiger partial charge < -0.3 is 10.6 Å². The number of thiazole rings is 1. The number of fused-ring (bicyclic) bond motifs is 1. The molecule has 8 heteroatoms. The summed E-state index contributed by atoms with van der Waals surface area (Å²) in [5.41, 5.74) is 2.67. The molecule has 7 nitrogen and oxygen atoms in total. The summed E-state index contributed by atoms with van der Waals surface area (Å²) < 4.78 is 0. The van der Waals surface area contributed by atoms with Gasteiger partial charge >= 0.3 is 0 Å². The maximum Gasteiger partial charge on any atom is 0.267 e. The highest BCUT2D eigenvalue weighted by Gasteiger charge is 2.20. The quantitative estimate of drug-likeness (QED) is 0.589. The van der Waals surface area contributed by atoms with E-state index in [1.807, 2.05) is 58.0 Å². The fourth-order valence-electron chi connectivity index (χ4n) is 2.94. The number of para-hydroxylation sites is 1. The van der Waals surface area contributed by atoms with Gasteiger partial charge in [0.2, 0.25) is 5.91 Å². The molecular weight excluding hydrogens is 410 g/mol. The van der Waals surface area contributed by atoms with Gasteiger partial charge in [-0.2, -0.15) is 0 Å². The van der Waals surface area contributed by atoms with Crippen LogP contribution >= 0.6 is 11.3 Å². The molecule has 2 aromatic heterocycles. The van der Waals surface area contributed by atoms with Gasteiger partial charge in [0.25, 0.3) is 5.91 Å². The van der Waals surface area contributed by atoms with Gasteiger partial charge in [0.15, 0.2) is 0 Å². The number of carbonyl (C=O) groups excluding carboxylic acids is 2. The Morgan fingerprint density at radius 3 is 2.52 bits per heavy atom. The van der Waals surface area contributed by atoms with Crippen LogP contribution in [0.5, 0.6) is 0 Å². The fraction of sp³-hybridized carbons (Fsp3) is 0.348. The highest BCUT2D eigenvalue weighted by atomic mass is 32.1. The average Bonchev–Trinajstić information content (AvgIpc) is 3.30. The number of carbonyl (C=O) groups is 2. The Morgan fingerprint density at radius 1 is 1.03 bits per heavy atom. The van der Waals surface area contributed by atoms with E-state index in [2.05, 4.69) is 25.6 Å². The Labute approximate surface area is 187 Å². The number of nitrogens with zero attached hydrogens (tertiary/aromatic N) is 3. The lowest BCUT2D eigenvalue weighted by molar-refractivity contribution is -0.116. The van der Waals surface area contributed by atoms with Crippen LogP contribution in [0.25, 0.3) is 0 Å². The van der Waals surface area contributed by atoms with E-state index in [0.717, 1.165) is 22.0 Å². The average molecular weight is 440 g/mol. The Morgan fingerprint density at radius 2 is 1.77 bits per heavy atom. The third-order valence-corrected chi connectivity index (χ3v) is 5.34. The molecule has 0 saturated carbocycles. The van der Waals surface area contributed by atoms with Gasteiger partial charge in [0.1, 0.15) is 17.0 Å². The summed E-state index contributed by atoms with van der Waals surface area (Å²) in [4.78, 5) is 37.3. The van der Waals surface area contributed by atoms with Gasteiger partial charge in [-0.3, -0.25) is 9.59 Å². The predicted octanol–water partition coefficient (Wildman–Crippen LogP) is 4.91. The Bertz CT molecular complexity index is 989. The van der Waals surface area contributed by atoms with Crippen LogP contribution in [0.2, 0.25) is 0 Å². The zero-order valence-electron chi connectivity index (χ0n) is 18.4. The Hall–Kier alpha value is -3.13. The number of hydrogen-bond acceptors (Lipinski definition) is 6. The molecule has 0 radical (unpaired) electrons. The molecule has 164 valence electrons. The normalized spacial score (nSPS) is 11.7. The molecule has 0 spiro atoms. The minimum absolute atomic E-state index is 0.0128. The number of benzene rings is 1. The van der Waals surface area contributed by atoms with Crippen molar-refractivity contribution in [3.63, 3.8) is 0 Å². The third-order valence-electron chi connectivity index (χ3n) is 4.28. The first-order valence-corrected chi connectivity index (χ1v) is 11.4. The largest absolute Gasteiger partial charge is 0.321 e. The lowest BCUT2D eigenvalue weighted by Gasteiger charge is -2.17. The van der Waals surface area contributed by atoms with E-state index in [0.29, 0.717) is 36.4 Å². The monoisotopic (exact) mass is 439 g/mol. The van der Waals surface area contributed by atoms with Crippen molar-refractivity contribution in [1.29, 1.82) is 0 Å². The van der Waals surface area contributed by atoms with Crippen molar-refractivity contribution in [1.82, 2.24) is 15.0 Å². The molecule has 3 heterocycles. The molecule has 0 aliphatic carbocycles. The number of aryl methyl sites for hydroxylation is 2. The molecule has 2 amide bonds. The first-order valence-electron chi connectivity index (χ1n) is 10.6. The molecule has 4 rings (SSSR count). The van der Waals surface area contributed by atoms with Crippen molar-refractivity contribution < 1.29 is 9.59 Å². The van der Waals surface area contributed by atoms with Crippen molar-refractivity contribution >= 4 is 34.7 Å². The first kappa shape index (κ1) is 24.1. The maximum absolute atomic E-state index is 12.3. The van der Waals surface area contributed by atoms with E-state index >= 15 is 0 Å². The molecule has 0 bridgehead atoms. The van der Waals surface area contributed by atoms with Gasteiger partial charge in [0, 0.05) is 29.8 Å². The Balaban J connectivity index is 0.000000807. The van der Waals surface area contributed by atoms with E-state index in [4.69, 9.17) is 0 Å². The number of rotatable bonds is 5. The summed E-state index contributed by atoms with van der Waals surface area (Å²) in [6, 6.07) is 9.34. The van der Waals surface area contributed by atoms with E-state index in [-0.39, 0.29) is 11.8 Å². The third kappa shape index (κ3) is 6.68. The van der Waals surface area contributed by atoms with Crippen molar-refractivity contribution in [2.45, 2.75) is 53.4 Å². The zero-order valence-corrected chi connectivity index (χ0v) is 19.3. The highest BCUT2D eigenvalue weighted by molar-refractivity contribution is 7.13.